The molecule has 0 fully saturated rings. The zero-order chi connectivity index (χ0) is 14.9. The fourth-order valence-electron chi connectivity index (χ4n) is 2.12. The fourth-order valence-corrected chi connectivity index (χ4v) is 2.12. The first-order valence-electron chi connectivity index (χ1n) is 6.15. The van der Waals surface area contributed by atoms with Crippen LogP contribution in [-0.4, -0.2) is 4.98 Å². The number of hydrogen-bond acceptors (Lipinski definition) is 2. The molecule has 0 aliphatic heterocycles. The van der Waals surface area contributed by atoms with Crippen molar-refractivity contribution in [3.8, 4) is 0 Å². The van der Waals surface area contributed by atoms with Crippen molar-refractivity contribution < 1.29 is 13.2 Å². The number of aromatic nitrogens is 1. The molecule has 0 bridgehead atoms. The lowest BCUT2D eigenvalue weighted by molar-refractivity contribution is -0.137. The van der Waals surface area contributed by atoms with Crippen LogP contribution < -0.4 is 5.73 Å². The van der Waals surface area contributed by atoms with Gasteiger partial charge in [0.25, 0.3) is 0 Å². The molecule has 2 nitrogen and oxygen atoms in total. The van der Waals surface area contributed by atoms with Gasteiger partial charge in [-0.2, -0.15) is 13.2 Å². The quantitative estimate of drug-likeness (QED) is 0.909. The van der Waals surface area contributed by atoms with E-state index >= 15 is 0 Å². The minimum absolute atomic E-state index is 0.460. The summed E-state index contributed by atoms with van der Waals surface area (Å²) in [5, 5.41) is 0. The standard InChI is InChI=1S/C15H15F3N2/c1-9-7-12(8-10(2)20-9)14(19)11-3-5-13(6-4-11)15(16,17)18/h3-8,14H,19H2,1-2H3. The van der Waals surface area contributed by atoms with Crippen molar-refractivity contribution in [1.29, 1.82) is 0 Å². The van der Waals surface area contributed by atoms with Gasteiger partial charge in [-0.1, -0.05) is 12.1 Å². The van der Waals surface area contributed by atoms with Crippen LogP contribution in [0.25, 0.3) is 0 Å². The van der Waals surface area contributed by atoms with Gasteiger partial charge >= 0.3 is 6.18 Å². The van der Waals surface area contributed by atoms with Crippen LogP contribution in [0.3, 0.4) is 0 Å². The molecule has 0 saturated carbocycles. The molecule has 2 rings (SSSR count). The summed E-state index contributed by atoms with van der Waals surface area (Å²) in [7, 11) is 0. The molecular weight excluding hydrogens is 265 g/mol. The Hall–Kier alpha value is -1.88. The predicted octanol–water partition coefficient (Wildman–Crippen LogP) is 3.77. The minimum atomic E-state index is -4.33. The SMILES string of the molecule is Cc1cc(C(N)c2ccc(C(F)(F)F)cc2)cc(C)n1. The van der Waals surface area contributed by atoms with E-state index in [2.05, 4.69) is 4.98 Å². The summed E-state index contributed by atoms with van der Waals surface area (Å²) in [5.41, 5.74) is 8.59. The monoisotopic (exact) mass is 280 g/mol. The number of nitrogens with zero attached hydrogens (tertiary/aromatic N) is 1. The number of halogens is 3. The molecule has 1 atom stereocenters. The normalized spacial score (nSPS) is 13.3. The third-order valence-electron chi connectivity index (χ3n) is 3.06. The molecule has 0 saturated heterocycles. The van der Waals surface area contributed by atoms with Crippen molar-refractivity contribution >= 4 is 0 Å². The van der Waals surface area contributed by atoms with E-state index in [0.717, 1.165) is 29.1 Å². The van der Waals surface area contributed by atoms with Crippen LogP contribution in [0.15, 0.2) is 36.4 Å². The summed E-state index contributed by atoms with van der Waals surface area (Å²) in [6.45, 7) is 3.71. The van der Waals surface area contributed by atoms with Crippen LogP contribution in [0.1, 0.15) is 34.1 Å². The molecule has 0 aliphatic carbocycles. The Morgan fingerprint density at radius 2 is 1.45 bits per heavy atom. The lowest BCUT2D eigenvalue weighted by atomic mass is 9.98. The van der Waals surface area contributed by atoms with E-state index in [1.807, 2.05) is 26.0 Å². The second-order valence-electron chi connectivity index (χ2n) is 4.78. The Bertz CT molecular complexity index is 583. The highest BCUT2D eigenvalue weighted by atomic mass is 19.4. The van der Waals surface area contributed by atoms with E-state index in [1.165, 1.54) is 12.1 Å². The molecule has 1 aromatic carbocycles. The van der Waals surface area contributed by atoms with Crippen LogP contribution in [-0.2, 0) is 6.18 Å². The lowest BCUT2D eigenvalue weighted by Gasteiger charge is -2.15. The Morgan fingerprint density at radius 1 is 0.950 bits per heavy atom. The first-order valence-corrected chi connectivity index (χ1v) is 6.15. The Kier molecular flexibility index (Phi) is 3.81. The topological polar surface area (TPSA) is 38.9 Å². The maximum atomic E-state index is 12.5. The van der Waals surface area contributed by atoms with Crippen LogP contribution in [0.2, 0.25) is 0 Å². The molecule has 0 amide bonds. The summed E-state index contributed by atoms with van der Waals surface area (Å²) in [6.07, 6.45) is -4.33. The van der Waals surface area contributed by atoms with Crippen molar-refractivity contribution in [2.24, 2.45) is 5.73 Å². The highest BCUT2D eigenvalue weighted by Gasteiger charge is 2.30. The summed E-state index contributed by atoms with van der Waals surface area (Å²) < 4.78 is 37.5. The van der Waals surface area contributed by atoms with Crippen molar-refractivity contribution in [3.05, 3.63) is 64.5 Å². The average molecular weight is 280 g/mol. The Balaban J connectivity index is 2.31. The molecule has 0 aliphatic rings. The lowest BCUT2D eigenvalue weighted by Crippen LogP contribution is -2.13. The number of hydrogen-bond donors (Lipinski definition) is 1. The summed E-state index contributed by atoms with van der Waals surface area (Å²) in [5.74, 6) is 0. The van der Waals surface area contributed by atoms with Crippen LogP contribution >= 0.6 is 0 Å². The van der Waals surface area contributed by atoms with Crippen LogP contribution in [0, 0.1) is 13.8 Å². The van der Waals surface area contributed by atoms with E-state index in [-0.39, 0.29) is 0 Å². The Labute approximate surface area is 115 Å². The summed E-state index contributed by atoms with van der Waals surface area (Å²) in [6, 6.07) is 8.16. The van der Waals surface area contributed by atoms with Crippen LogP contribution in [0.5, 0.6) is 0 Å². The molecule has 0 radical (unpaired) electrons. The summed E-state index contributed by atoms with van der Waals surface area (Å²) in [4.78, 5) is 4.25. The highest BCUT2D eigenvalue weighted by Crippen LogP contribution is 2.30. The highest BCUT2D eigenvalue weighted by molar-refractivity contribution is 5.35. The smallest absolute Gasteiger partial charge is 0.320 e. The maximum absolute atomic E-state index is 12.5. The van der Waals surface area contributed by atoms with E-state index < -0.39 is 17.8 Å². The Morgan fingerprint density at radius 3 is 1.90 bits per heavy atom. The molecule has 5 heteroatoms. The molecule has 1 unspecified atom stereocenters. The van der Waals surface area contributed by atoms with Gasteiger partial charge in [0.1, 0.15) is 0 Å². The van der Waals surface area contributed by atoms with E-state index in [1.54, 1.807) is 0 Å². The minimum Gasteiger partial charge on any atom is -0.320 e. The molecule has 20 heavy (non-hydrogen) atoms. The first kappa shape index (κ1) is 14.5. The van der Waals surface area contributed by atoms with Gasteiger partial charge in [0.05, 0.1) is 11.6 Å². The van der Waals surface area contributed by atoms with Gasteiger partial charge in [-0.25, -0.2) is 0 Å². The number of nitrogens with two attached hydrogens (primary N) is 1. The number of aryl methyl sites for hydroxylation is 2. The second-order valence-corrected chi connectivity index (χ2v) is 4.78. The number of pyridine rings is 1. The number of benzene rings is 1. The third-order valence-corrected chi connectivity index (χ3v) is 3.06. The largest absolute Gasteiger partial charge is 0.416 e. The molecule has 106 valence electrons. The molecule has 2 aromatic rings. The molecule has 1 aromatic heterocycles. The molecular formula is C15H15F3N2. The predicted molar refractivity (Wildman–Crippen MR) is 71.2 cm³/mol. The van der Waals surface area contributed by atoms with Gasteiger partial charge in [-0.05, 0) is 49.2 Å². The van der Waals surface area contributed by atoms with E-state index in [4.69, 9.17) is 5.73 Å². The zero-order valence-corrected chi connectivity index (χ0v) is 11.2. The van der Waals surface area contributed by atoms with Crippen molar-refractivity contribution in [1.82, 2.24) is 4.98 Å². The molecule has 2 N–H and O–H groups in total. The summed E-state index contributed by atoms with van der Waals surface area (Å²) >= 11 is 0. The van der Waals surface area contributed by atoms with Gasteiger partial charge in [0.2, 0.25) is 0 Å². The number of alkyl halides is 3. The van der Waals surface area contributed by atoms with Gasteiger partial charge in [0.15, 0.2) is 0 Å². The molecule has 0 spiro atoms. The number of rotatable bonds is 2. The van der Waals surface area contributed by atoms with Gasteiger partial charge in [0, 0.05) is 11.4 Å². The average Bonchev–Trinajstić information content (AvgIpc) is 2.36. The van der Waals surface area contributed by atoms with Gasteiger partial charge in [-0.15, -0.1) is 0 Å². The fraction of sp³-hybridized carbons (Fsp3) is 0.267. The molecule has 1 heterocycles. The van der Waals surface area contributed by atoms with Crippen molar-refractivity contribution in [2.45, 2.75) is 26.1 Å². The van der Waals surface area contributed by atoms with Crippen molar-refractivity contribution in [2.75, 3.05) is 0 Å². The maximum Gasteiger partial charge on any atom is 0.416 e. The van der Waals surface area contributed by atoms with Gasteiger partial charge < -0.3 is 5.73 Å². The zero-order valence-electron chi connectivity index (χ0n) is 11.2. The van der Waals surface area contributed by atoms with Gasteiger partial charge in [-0.3, -0.25) is 4.98 Å². The first-order chi connectivity index (χ1) is 9.27. The second kappa shape index (κ2) is 5.25. The third kappa shape index (κ3) is 3.17. The van der Waals surface area contributed by atoms with Crippen LogP contribution in [0.4, 0.5) is 13.2 Å². The van der Waals surface area contributed by atoms with E-state index in [0.29, 0.717) is 5.56 Å². The van der Waals surface area contributed by atoms with Crippen molar-refractivity contribution in [3.63, 3.8) is 0 Å². The van der Waals surface area contributed by atoms with E-state index in [9.17, 15) is 13.2 Å².